The Morgan fingerprint density at radius 2 is 2.07 bits per heavy atom. The van der Waals surface area contributed by atoms with Crippen molar-refractivity contribution < 1.29 is 0 Å². The minimum Gasteiger partial charge on any atom is -0.297 e. The number of likely N-dealkylation sites (tertiary alicyclic amines) is 1. The number of nitrogens with zero attached hydrogens (tertiary/aromatic N) is 3. The average molecular weight is 205 g/mol. The van der Waals surface area contributed by atoms with Crippen LogP contribution in [0.2, 0.25) is 0 Å². The summed E-state index contributed by atoms with van der Waals surface area (Å²) >= 11 is 0. The second kappa shape index (κ2) is 3.47. The molecule has 0 aromatic heterocycles. The number of fused-ring (bicyclic) bond motifs is 2. The van der Waals surface area contributed by atoms with Crippen LogP contribution in [-0.4, -0.2) is 48.1 Å². The highest BCUT2D eigenvalue weighted by atomic mass is 15.3. The van der Waals surface area contributed by atoms with Crippen molar-refractivity contribution in [1.82, 2.24) is 9.80 Å². The Hall–Kier alpha value is -0.590. The largest absolute Gasteiger partial charge is 0.297 e. The molecule has 0 aromatic rings. The van der Waals surface area contributed by atoms with Gasteiger partial charge in [-0.3, -0.25) is 9.80 Å². The molecule has 0 amide bonds. The molecule has 0 N–H and O–H groups in total. The molecule has 0 saturated carbocycles. The third-order valence-electron chi connectivity index (χ3n) is 4.74. The number of hydrogen-bond acceptors (Lipinski definition) is 3. The Morgan fingerprint density at radius 3 is 2.67 bits per heavy atom. The first-order valence-electron chi connectivity index (χ1n) is 6.23. The number of piperidine rings is 3. The topological polar surface area (TPSA) is 30.3 Å². The van der Waals surface area contributed by atoms with Gasteiger partial charge >= 0.3 is 0 Å². The molecule has 4 heterocycles. The Kier molecular flexibility index (Phi) is 2.22. The standard InChI is InChI=1S/C12H19N3/c1-2-14-8-10-9-3-5-15(6-4-9)12(10)11(14)7-13/h9-12H,2-6,8H2,1H3. The quantitative estimate of drug-likeness (QED) is 0.638. The van der Waals surface area contributed by atoms with Crippen LogP contribution in [-0.2, 0) is 0 Å². The lowest BCUT2D eigenvalue weighted by Gasteiger charge is -2.48. The van der Waals surface area contributed by atoms with E-state index in [2.05, 4.69) is 22.8 Å². The van der Waals surface area contributed by atoms with Crippen molar-refractivity contribution >= 4 is 0 Å². The van der Waals surface area contributed by atoms with Crippen LogP contribution in [0.3, 0.4) is 0 Å². The van der Waals surface area contributed by atoms with E-state index >= 15 is 0 Å². The van der Waals surface area contributed by atoms with Crippen LogP contribution in [0.15, 0.2) is 0 Å². The molecule has 4 aliphatic heterocycles. The number of hydrogen-bond donors (Lipinski definition) is 0. The maximum Gasteiger partial charge on any atom is 0.114 e. The van der Waals surface area contributed by atoms with Gasteiger partial charge in [0.05, 0.1) is 6.07 Å². The Balaban J connectivity index is 1.89. The van der Waals surface area contributed by atoms with Crippen LogP contribution in [0.1, 0.15) is 19.8 Å². The summed E-state index contributed by atoms with van der Waals surface area (Å²) in [5.41, 5.74) is 0. The molecule has 0 aliphatic carbocycles. The van der Waals surface area contributed by atoms with Crippen LogP contribution in [0.4, 0.5) is 0 Å². The normalized spacial score (nSPS) is 48.9. The maximum atomic E-state index is 9.32. The lowest BCUT2D eigenvalue weighted by molar-refractivity contribution is 0.0107. The van der Waals surface area contributed by atoms with Crippen molar-refractivity contribution in [2.24, 2.45) is 11.8 Å². The van der Waals surface area contributed by atoms with Crippen molar-refractivity contribution in [3.8, 4) is 6.07 Å². The first kappa shape index (κ1) is 9.62. The van der Waals surface area contributed by atoms with E-state index < -0.39 is 0 Å². The highest BCUT2D eigenvalue weighted by Crippen LogP contribution is 2.43. The van der Waals surface area contributed by atoms with Gasteiger partial charge in [0.1, 0.15) is 6.04 Å². The second-order valence-electron chi connectivity index (χ2n) is 5.19. The Morgan fingerprint density at radius 1 is 1.33 bits per heavy atom. The summed E-state index contributed by atoms with van der Waals surface area (Å²) in [4.78, 5) is 4.96. The molecule has 0 aromatic carbocycles. The van der Waals surface area contributed by atoms with Crippen molar-refractivity contribution in [1.29, 1.82) is 5.26 Å². The summed E-state index contributed by atoms with van der Waals surface area (Å²) in [6, 6.07) is 3.26. The molecular weight excluding hydrogens is 186 g/mol. The summed E-state index contributed by atoms with van der Waals surface area (Å²) in [6.07, 6.45) is 2.74. The summed E-state index contributed by atoms with van der Waals surface area (Å²) in [5.74, 6) is 1.70. The molecule has 3 unspecified atom stereocenters. The van der Waals surface area contributed by atoms with Gasteiger partial charge in [0.15, 0.2) is 0 Å². The van der Waals surface area contributed by atoms with Gasteiger partial charge in [-0.2, -0.15) is 5.26 Å². The first-order valence-corrected chi connectivity index (χ1v) is 6.23. The predicted octanol–water partition coefficient (Wildman–Crippen LogP) is 0.924. The molecule has 15 heavy (non-hydrogen) atoms. The molecule has 0 spiro atoms. The Bertz CT molecular complexity index is 288. The molecule has 3 atom stereocenters. The van der Waals surface area contributed by atoms with Gasteiger partial charge in [0.25, 0.3) is 0 Å². The van der Waals surface area contributed by atoms with Gasteiger partial charge in [-0.15, -0.1) is 0 Å². The molecule has 3 heteroatoms. The summed E-state index contributed by atoms with van der Waals surface area (Å²) in [5, 5.41) is 9.32. The fourth-order valence-corrected chi connectivity index (χ4v) is 3.97. The summed E-state index contributed by atoms with van der Waals surface area (Å²) < 4.78 is 0. The van der Waals surface area contributed by atoms with Gasteiger partial charge < -0.3 is 0 Å². The van der Waals surface area contributed by atoms with Crippen LogP contribution in [0.5, 0.6) is 0 Å². The van der Waals surface area contributed by atoms with E-state index in [4.69, 9.17) is 0 Å². The Labute approximate surface area is 91.6 Å². The van der Waals surface area contributed by atoms with Crippen molar-refractivity contribution in [2.75, 3.05) is 26.2 Å². The summed E-state index contributed by atoms with van der Waals surface area (Å²) in [6.45, 7) is 6.86. The van der Waals surface area contributed by atoms with E-state index in [1.807, 2.05) is 0 Å². The average Bonchev–Trinajstić information content (AvgIpc) is 2.70. The van der Waals surface area contributed by atoms with Gasteiger partial charge in [0.2, 0.25) is 0 Å². The molecule has 4 fully saturated rings. The third-order valence-corrected chi connectivity index (χ3v) is 4.74. The van der Waals surface area contributed by atoms with Gasteiger partial charge in [-0.05, 0) is 44.3 Å². The molecule has 4 saturated heterocycles. The molecule has 2 bridgehead atoms. The highest BCUT2D eigenvalue weighted by Gasteiger charge is 2.52. The first-order chi connectivity index (χ1) is 7.35. The van der Waals surface area contributed by atoms with Crippen LogP contribution >= 0.6 is 0 Å². The van der Waals surface area contributed by atoms with E-state index in [9.17, 15) is 5.26 Å². The summed E-state index contributed by atoms with van der Waals surface area (Å²) in [7, 11) is 0. The third kappa shape index (κ3) is 1.25. The second-order valence-corrected chi connectivity index (χ2v) is 5.19. The van der Waals surface area contributed by atoms with E-state index in [0.29, 0.717) is 6.04 Å². The number of rotatable bonds is 1. The van der Waals surface area contributed by atoms with Crippen molar-refractivity contribution in [3.63, 3.8) is 0 Å². The fraction of sp³-hybridized carbons (Fsp3) is 0.917. The van der Waals surface area contributed by atoms with Crippen LogP contribution in [0, 0.1) is 23.2 Å². The van der Waals surface area contributed by atoms with E-state index in [0.717, 1.165) is 18.4 Å². The van der Waals surface area contributed by atoms with E-state index in [-0.39, 0.29) is 6.04 Å². The number of likely N-dealkylation sites (N-methyl/N-ethyl adjacent to an activating group) is 1. The van der Waals surface area contributed by atoms with Crippen molar-refractivity contribution in [2.45, 2.75) is 31.8 Å². The molecule has 3 nitrogen and oxygen atoms in total. The zero-order chi connectivity index (χ0) is 10.4. The smallest absolute Gasteiger partial charge is 0.114 e. The monoisotopic (exact) mass is 205 g/mol. The molecule has 82 valence electrons. The van der Waals surface area contributed by atoms with Gasteiger partial charge in [-0.1, -0.05) is 6.92 Å². The highest BCUT2D eigenvalue weighted by molar-refractivity contribution is 5.13. The molecular formula is C12H19N3. The van der Waals surface area contributed by atoms with Gasteiger partial charge in [0, 0.05) is 12.6 Å². The number of nitriles is 1. The minimum absolute atomic E-state index is 0.170. The van der Waals surface area contributed by atoms with Crippen LogP contribution in [0.25, 0.3) is 0 Å². The van der Waals surface area contributed by atoms with Crippen LogP contribution < -0.4 is 0 Å². The van der Waals surface area contributed by atoms with Gasteiger partial charge in [-0.25, -0.2) is 0 Å². The zero-order valence-electron chi connectivity index (χ0n) is 9.39. The lowest BCUT2D eigenvalue weighted by Crippen LogP contribution is -2.56. The fourth-order valence-electron chi connectivity index (χ4n) is 3.97. The maximum absolute atomic E-state index is 9.32. The van der Waals surface area contributed by atoms with E-state index in [1.165, 1.54) is 32.5 Å². The predicted molar refractivity (Wildman–Crippen MR) is 58.2 cm³/mol. The lowest BCUT2D eigenvalue weighted by atomic mass is 9.74. The van der Waals surface area contributed by atoms with E-state index in [1.54, 1.807) is 0 Å². The minimum atomic E-state index is 0.170. The SMILES string of the molecule is CCN1CC2C3CCN(CC3)C2C1C#N. The van der Waals surface area contributed by atoms with Crippen molar-refractivity contribution in [3.05, 3.63) is 0 Å². The zero-order valence-corrected chi connectivity index (χ0v) is 9.39. The molecule has 0 radical (unpaired) electrons. The molecule has 4 rings (SSSR count). The molecule has 4 aliphatic rings.